The molecule has 0 bridgehead atoms. The fourth-order valence-corrected chi connectivity index (χ4v) is 3.06. The van der Waals surface area contributed by atoms with Crippen LogP contribution in [0.3, 0.4) is 0 Å². The molecule has 0 unspecified atom stereocenters. The second-order valence-corrected chi connectivity index (χ2v) is 7.04. The first-order valence-corrected chi connectivity index (χ1v) is 10.4. The van der Waals surface area contributed by atoms with Crippen molar-refractivity contribution in [1.82, 2.24) is 0 Å². The van der Waals surface area contributed by atoms with Gasteiger partial charge in [-0.2, -0.15) is 0 Å². The van der Waals surface area contributed by atoms with Gasteiger partial charge in [-0.3, -0.25) is 24.5 Å². The number of phenolic OH excluding ortho intramolecular Hbond substituents is 2. The monoisotopic (exact) mass is 473 g/mol. The van der Waals surface area contributed by atoms with Gasteiger partial charge in [0.25, 0.3) is 5.69 Å². The van der Waals surface area contributed by atoms with Gasteiger partial charge in [-0.1, -0.05) is 32.9 Å². The van der Waals surface area contributed by atoms with Crippen LogP contribution in [-0.2, 0) is 16.1 Å². The second kappa shape index (κ2) is 11.0. The maximum atomic E-state index is 13.1. The van der Waals surface area contributed by atoms with Crippen molar-refractivity contribution in [1.29, 1.82) is 0 Å². The van der Waals surface area contributed by atoms with Crippen LogP contribution < -0.4 is 4.74 Å². The number of Topliss-reactive ketones (excluding diaryl/α,β-unsaturated/α-hetero) is 2. The summed E-state index contributed by atoms with van der Waals surface area (Å²) in [4.78, 5) is 60.7. The van der Waals surface area contributed by atoms with E-state index in [0.29, 0.717) is 0 Å². The minimum atomic E-state index is -1.23. The number of nitrogens with zero attached hydrogens (tertiary/aromatic N) is 1. The van der Waals surface area contributed by atoms with Crippen molar-refractivity contribution in [3.05, 3.63) is 56.6 Å². The number of nitro groups is 1. The van der Waals surface area contributed by atoms with E-state index in [9.17, 15) is 39.5 Å². The van der Waals surface area contributed by atoms with E-state index in [1.807, 2.05) is 0 Å². The van der Waals surface area contributed by atoms with Gasteiger partial charge in [0, 0.05) is 31.4 Å². The van der Waals surface area contributed by atoms with Gasteiger partial charge in [-0.05, 0) is 5.56 Å². The summed E-state index contributed by atoms with van der Waals surface area (Å²) >= 11 is 0. The van der Waals surface area contributed by atoms with Gasteiger partial charge in [0.2, 0.25) is 5.75 Å². The van der Waals surface area contributed by atoms with Crippen molar-refractivity contribution in [3.8, 4) is 17.2 Å². The van der Waals surface area contributed by atoms with Crippen LogP contribution >= 0.6 is 0 Å². The molecule has 180 valence electrons. The van der Waals surface area contributed by atoms with Gasteiger partial charge in [-0.15, -0.1) is 0 Å². The van der Waals surface area contributed by atoms with E-state index in [1.54, 1.807) is 0 Å². The molecule has 0 aliphatic heterocycles. The Morgan fingerprint density at radius 1 is 0.912 bits per heavy atom. The number of phenols is 2. The summed E-state index contributed by atoms with van der Waals surface area (Å²) in [6.45, 7) is 3.86. The Bertz CT molecular complexity index is 1170. The largest absolute Gasteiger partial charge is 0.504 e. The Kier molecular flexibility index (Phi) is 8.43. The van der Waals surface area contributed by atoms with Crippen molar-refractivity contribution in [2.75, 3.05) is 0 Å². The lowest BCUT2D eigenvalue weighted by Crippen LogP contribution is -2.20. The van der Waals surface area contributed by atoms with Crippen molar-refractivity contribution >= 4 is 29.2 Å². The molecular formula is C23H23NO10. The highest BCUT2D eigenvalue weighted by atomic mass is 16.6. The van der Waals surface area contributed by atoms with Crippen LogP contribution in [-0.4, -0.2) is 38.6 Å². The number of benzene rings is 2. The Morgan fingerprint density at radius 3 is 2.09 bits per heavy atom. The fraction of sp³-hybridized carbons (Fsp3) is 0.304. The first kappa shape index (κ1) is 26.0. The van der Waals surface area contributed by atoms with Crippen LogP contribution in [0.4, 0.5) is 5.69 Å². The molecule has 0 amide bonds. The molecule has 11 heteroatoms. The summed E-state index contributed by atoms with van der Waals surface area (Å²) in [5, 5.41) is 31.9. The molecule has 0 atom stereocenters. The zero-order valence-corrected chi connectivity index (χ0v) is 18.7. The highest BCUT2D eigenvalue weighted by Gasteiger charge is 2.35. The molecule has 0 saturated heterocycles. The molecule has 2 aromatic rings. The predicted octanol–water partition coefficient (Wildman–Crippen LogP) is 3.86. The highest BCUT2D eigenvalue weighted by Crippen LogP contribution is 2.45. The van der Waals surface area contributed by atoms with Crippen molar-refractivity contribution in [3.63, 3.8) is 0 Å². The van der Waals surface area contributed by atoms with Crippen LogP contribution in [0.25, 0.3) is 0 Å². The Labute approximate surface area is 194 Å². The lowest BCUT2D eigenvalue weighted by molar-refractivity contribution is -0.384. The summed E-state index contributed by atoms with van der Waals surface area (Å²) in [7, 11) is 0. The summed E-state index contributed by atoms with van der Waals surface area (Å²) in [6, 6.07) is 5.26. The molecule has 34 heavy (non-hydrogen) atoms. The molecule has 0 saturated carbocycles. The molecule has 11 nitrogen and oxygen atoms in total. The number of carbonyl (C=O) groups is 4. The van der Waals surface area contributed by atoms with Crippen molar-refractivity contribution < 1.29 is 43.8 Å². The molecule has 0 spiro atoms. The van der Waals surface area contributed by atoms with E-state index in [4.69, 9.17) is 9.47 Å². The summed E-state index contributed by atoms with van der Waals surface area (Å²) < 4.78 is 10.2. The van der Waals surface area contributed by atoms with Gasteiger partial charge in [-0.25, -0.2) is 4.79 Å². The first-order chi connectivity index (χ1) is 16.1. The number of rotatable bonds is 10. The number of non-ortho nitro benzene ring substituents is 1. The third kappa shape index (κ3) is 5.37. The Balaban J connectivity index is 2.69. The molecule has 0 radical (unpaired) electrons. The normalized spacial score (nSPS) is 10.4. The Morgan fingerprint density at radius 2 is 1.53 bits per heavy atom. The SMILES string of the molecule is CCC(=O)Oc1c(O)c(O)c(C(=O)CC)c(C(=O)OCc2cccc([N+](=O)[O-])c2)c1C(=O)CC. The molecule has 0 aliphatic rings. The lowest BCUT2D eigenvalue weighted by Gasteiger charge is -2.19. The molecule has 0 aromatic heterocycles. The number of hydrogen-bond donors (Lipinski definition) is 2. The molecule has 2 N–H and O–H groups in total. The number of ether oxygens (including phenoxy) is 2. The van der Waals surface area contributed by atoms with Gasteiger partial charge in [0.1, 0.15) is 6.61 Å². The molecule has 2 aromatic carbocycles. The third-order valence-corrected chi connectivity index (χ3v) is 4.80. The van der Waals surface area contributed by atoms with Gasteiger partial charge >= 0.3 is 11.9 Å². The average Bonchev–Trinajstić information content (AvgIpc) is 2.84. The topological polar surface area (TPSA) is 170 Å². The number of nitro benzene ring substituents is 1. The van der Waals surface area contributed by atoms with Crippen LogP contribution in [0, 0.1) is 10.1 Å². The van der Waals surface area contributed by atoms with Crippen LogP contribution in [0.1, 0.15) is 76.7 Å². The summed E-state index contributed by atoms with van der Waals surface area (Å²) in [6.07, 6.45) is -0.556. The predicted molar refractivity (Wildman–Crippen MR) is 117 cm³/mol. The fourth-order valence-electron chi connectivity index (χ4n) is 3.06. The van der Waals surface area contributed by atoms with Gasteiger partial charge in [0.05, 0.1) is 21.6 Å². The number of esters is 2. The van der Waals surface area contributed by atoms with E-state index in [1.165, 1.54) is 45.0 Å². The maximum absolute atomic E-state index is 13.1. The van der Waals surface area contributed by atoms with Crippen molar-refractivity contribution in [2.45, 2.75) is 46.6 Å². The summed E-state index contributed by atoms with van der Waals surface area (Å²) in [5.74, 6) is -6.48. The molecular weight excluding hydrogens is 450 g/mol. The minimum absolute atomic E-state index is 0.151. The van der Waals surface area contributed by atoms with Crippen LogP contribution in [0.5, 0.6) is 17.2 Å². The number of carbonyl (C=O) groups excluding carboxylic acids is 4. The molecule has 0 fully saturated rings. The average molecular weight is 473 g/mol. The van der Waals surface area contributed by atoms with Gasteiger partial charge in [0.15, 0.2) is 23.1 Å². The van der Waals surface area contributed by atoms with Crippen molar-refractivity contribution in [2.24, 2.45) is 0 Å². The molecule has 2 rings (SSSR count). The number of aromatic hydroxyl groups is 2. The van der Waals surface area contributed by atoms with Gasteiger partial charge < -0.3 is 19.7 Å². The minimum Gasteiger partial charge on any atom is -0.504 e. The number of hydrogen-bond acceptors (Lipinski definition) is 10. The highest BCUT2D eigenvalue weighted by molar-refractivity contribution is 6.17. The summed E-state index contributed by atoms with van der Waals surface area (Å²) in [5.41, 5.74) is -1.90. The Hall–Kier alpha value is -4.28. The lowest BCUT2D eigenvalue weighted by atomic mass is 9.91. The zero-order chi connectivity index (χ0) is 25.6. The molecule has 0 aliphatic carbocycles. The second-order valence-electron chi connectivity index (χ2n) is 7.04. The maximum Gasteiger partial charge on any atom is 0.340 e. The zero-order valence-electron chi connectivity index (χ0n) is 18.7. The standard InChI is InChI=1S/C23H23NO10/c1-4-14(25)17-19(23(30)33-11-12-8-7-9-13(10-12)24(31)32)18(15(26)5-2)22(21(29)20(17)28)34-16(27)6-3/h7-10,28-29H,4-6,11H2,1-3H3. The van der Waals surface area contributed by atoms with E-state index in [0.717, 1.165) is 0 Å². The van der Waals surface area contributed by atoms with E-state index < -0.39 is 69.0 Å². The van der Waals surface area contributed by atoms with E-state index in [-0.39, 0.29) is 30.5 Å². The third-order valence-electron chi connectivity index (χ3n) is 4.80. The smallest absolute Gasteiger partial charge is 0.340 e. The number of ketones is 2. The van der Waals surface area contributed by atoms with Crippen LogP contribution in [0.2, 0.25) is 0 Å². The first-order valence-electron chi connectivity index (χ1n) is 10.4. The van der Waals surface area contributed by atoms with E-state index >= 15 is 0 Å². The van der Waals surface area contributed by atoms with E-state index in [2.05, 4.69) is 0 Å². The van der Waals surface area contributed by atoms with Crippen LogP contribution in [0.15, 0.2) is 24.3 Å². The molecule has 0 heterocycles. The quantitative estimate of drug-likeness (QED) is 0.129.